The lowest BCUT2D eigenvalue weighted by atomic mass is 9.94. The van der Waals surface area contributed by atoms with Gasteiger partial charge in [0.2, 0.25) is 10.0 Å². The maximum Gasteiger partial charge on any atom is 0.243 e. The quantitative estimate of drug-likeness (QED) is 0.809. The molecule has 0 N–H and O–H groups in total. The van der Waals surface area contributed by atoms with Gasteiger partial charge < -0.3 is 0 Å². The summed E-state index contributed by atoms with van der Waals surface area (Å²) in [6.45, 7) is 5.48. The number of benzene rings is 1. The highest BCUT2D eigenvalue weighted by atomic mass is 32.2. The molecule has 2 unspecified atom stereocenters. The van der Waals surface area contributed by atoms with E-state index in [1.54, 1.807) is 28.6 Å². The standard InChI is InChI=1S/C13H18NO2S/c1-11-8-12(2)10-14(9-11)17(15,16)13-6-4-3-5-7-13/h4-7,11-12H,8-10H2,1-2H3. The van der Waals surface area contributed by atoms with Gasteiger partial charge in [-0.3, -0.25) is 0 Å². The molecule has 1 heterocycles. The Morgan fingerprint density at radius 3 is 2.24 bits per heavy atom. The molecule has 2 atom stereocenters. The summed E-state index contributed by atoms with van der Waals surface area (Å²) in [5, 5.41) is 0. The number of sulfonamides is 1. The van der Waals surface area contributed by atoms with Crippen LogP contribution in [0.4, 0.5) is 0 Å². The summed E-state index contributed by atoms with van der Waals surface area (Å²) in [7, 11) is -3.31. The van der Waals surface area contributed by atoms with Crippen LogP contribution in [-0.2, 0) is 10.0 Å². The lowest BCUT2D eigenvalue weighted by Gasteiger charge is -2.34. The fraction of sp³-hybridized carbons (Fsp3) is 0.538. The smallest absolute Gasteiger partial charge is 0.207 e. The Morgan fingerprint density at radius 2 is 1.71 bits per heavy atom. The molecule has 1 aliphatic rings. The highest BCUT2D eigenvalue weighted by Gasteiger charge is 2.31. The van der Waals surface area contributed by atoms with Crippen molar-refractivity contribution < 1.29 is 8.42 Å². The molecule has 1 aromatic carbocycles. The molecule has 1 aromatic rings. The van der Waals surface area contributed by atoms with E-state index < -0.39 is 10.0 Å². The number of piperidine rings is 1. The van der Waals surface area contributed by atoms with Crippen molar-refractivity contribution in [1.29, 1.82) is 0 Å². The molecule has 0 bridgehead atoms. The molecule has 1 saturated heterocycles. The van der Waals surface area contributed by atoms with Gasteiger partial charge in [-0.25, -0.2) is 8.42 Å². The summed E-state index contributed by atoms with van der Waals surface area (Å²) in [4.78, 5) is 0.373. The van der Waals surface area contributed by atoms with Crippen LogP contribution in [0.5, 0.6) is 0 Å². The second kappa shape index (κ2) is 4.78. The number of hydrogen-bond donors (Lipinski definition) is 0. The molecular weight excluding hydrogens is 234 g/mol. The first-order valence-corrected chi connectivity index (χ1v) is 7.40. The van der Waals surface area contributed by atoms with Crippen molar-refractivity contribution in [2.24, 2.45) is 11.8 Å². The van der Waals surface area contributed by atoms with Gasteiger partial charge in [-0.2, -0.15) is 4.31 Å². The van der Waals surface area contributed by atoms with Crippen molar-refractivity contribution in [2.75, 3.05) is 13.1 Å². The third-order valence-corrected chi connectivity index (χ3v) is 5.01. The molecule has 0 aliphatic carbocycles. The van der Waals surface area contributed by atoms with E-state index >= 15 is 0 Å². The molecule has 0 saturated carbocycles. The molecule has 93 valence electrons. The van der Waals surface area contributed by atoms with Crippen LogP contribution in [0.1, 0.15) is 20.3 Å². The summed E-state index contributed by atoms with van der Waals surface area (Å²) < 4.78 is 26.4. The zero-order valence-electron chi connectivity index (χ0n) is 10.3. The van der Waals surface area contributed by atoms with E-state index in [9.17, 15) is 8.42 Å². The van der Waals surface area contributed by atoms with E-state index in [-0.39, 0.29) is 0 Å². The zero-order chi connectivity index (χ0) is 12.5. The first-order chi connectivity index (χ1) is 8.00. The van der Waals surface area contributed by atoms with Gasteiger partial charge in [0.25, 0.3) is 0 Å². The number of hydrogen-bond acceptors (Lipinski definition) is 2. The van der Waals surface area contributed by atoms with Crippen LogP contribution < -0.4 is 0 Å². The summed E-state index contributed by atoms with van der Waals surface area (Å²) in [5.41, 5.74) is 0. The lowest BCUT2D eigenvalue weighted by Crippen LogP contribution is -2.42. The largest absolute Gasteiger partial charge is 0.243 e. The van der Waals surface area contributed by atoms with E-state index in [2.05, 4.69) is 19.9 Å². The molecule has 17 heavy (non-hydrogen) atoms. The highest BCUT2D eigenvalue weighted by Crippen LogP contribution is 2.26. The van der Waals surface area contributed by atoms with Crippen molar-refractivity contribution in [2.45, 2.75) is 25.2 Å². The minimum atomic E-state index is -3.31. The van der Waals surface area contributed by atoms with E-state index in [1.165, 1.54) is 0 Å². The van der Waals surface area contributed by atoms with E-state index in [4.69, 9.17) is 0 Å². The van der Waals surface area contributed by atoms with Gasteiger partial charge in [-0.05, 0) is 36.5 Å². The SMILES string of the molecule is CC1CC(C)CN(S(=O)(=O)c2cc[c]cc2)C1. The van der Waals surface area contributed by atoms with Gasteiger partial charge in [-0.15, -0.1) is 0 Å². The highest BCUT2D eigenvalue weighted by molar-refractivity contribution is 7.89. The number of rotatable bonds is 2. The van der Waals surface area contributed by atoms with Gasteiger partial charge in [0, 0.05) is 13.1 Å². The van der Waals surface area contributed by atoms with E-state index in [0.717, 1.165) is 6.42 Å². The Morgan fingerprint density at radius 1 is 1.18 bits per heavy atom. The normalized spacial score (nSPS) is 26.9. The molecule has 4 heteroatoms. The first kappa shape index (κ1) is 12.6. The molecule has 0 spiro atoms. The average Bonchev–Trinajstić information content (AvgIpc) is 2.29. The van der Waals surface area contributed by atoms with Gasteiger partial charge in [0.15, 0.2) is 0 Å². The summed E-state index contributed by atoms with van der Waals surface area (Å²) in [6.07, 6.45) is 1.11. The maximum absolute atomic E-state index is 12.4. The summed E-state index contributed by atoms with van der Waals surface area (Å²) in [6, 6.07) is 9.35. The van der Waals surface area contributed by atoms with Crippen molar-refractivity contribution in [3.63, 3.8) is 0 Å². The van der Waals surface area contributed by atoms with Crippen LogP contribution >= 0.6 is 0 Å². The Labute approximate surface area is 104 Å². The molecule has 0 aromatic heterocycles. The van der Waals surface area contributed by atoms with Gasteiger partial charge in [0.1, 0.15) is 0 Å². The van der Waals surface area contributed by atoms with Crippen molar-refractivity contribution in [3.05, 3.63) is 30.3 Å². The van der Waals surface area contributed by atoms with Crippen LogP contribution in [0.3, 0.4) is 0 Å². The summed E-state index contributed by atoms with van der Waals surface area (Å²) >= 11 is 0. The fourth-order valence-corrected chi connectivity index (χ4v) is 4.17. The van der Waals surface area contributed by atoms with E-state index in [1.807, 2.05) is 0 Å². The van der Waals surface area contributed by atoms with Crippen LogP contribution in [-0.4, -0.2) is 25.8 Å². The Bertz CT molecular complexity index is 459. The van der Waals surface area contributed by atoms with Gasteiger partial charge >= 0.3 is 0 Å². The predicted molar refractivity (Wildman–Crippen MR) is 67.0 cm³/mol. The predicted octanol–water partition coefficient (Wildman–Crippen LogP) is 2.15. The molecule has 1 aliphatic heterocycles. The van der Waals surface area contributed by atoms with Crippen molar-refractivity contribution >= 4 is 10.0 Å². The summed E-state index contributed by atoms with van der Waals surface area (Å²) in [5.74, 6) is 0.868. The Kier molecular flexibility index (Phi) is 3.54. The maximum atomic E-state index is 12.4. The minimum Gasteiger partial charge on any atom is -0.207 e. The third-order valence-electron chi connectivity index (χ3n) is 3.16. The Hall–Kier alpha value is -0.870. The molecule has 1 fully saturated rings. The van der Waals surface area contributed by atoms with Crippen LogP contribution in [0.25, 0.3) is 0 Å². The fourth-order valence-electron chi connectivity index (χ4n) is 2.49. The molecule has 3 nitrogen and oxygen atoms in total. The minimum absolute atomic E-state index is 0.373. The van der Waals surface area contributed by atoms with Crippen LogP contribution in [0, 0.1) is 17.9 Å². The van der Waals surface area contributed by atoms with E-state index in [0.29, 0.717) is 29.8 Å². The van der Waals surface area contributed by atoms with Gasteiger partial charge in [-0.1, -0.05) is 26.0 Å². The average molecular weight is 252 g/mol. The second-order valence-electron chi connectivity index (χ2n) is 5.00. The van der Waals surface area contributed by atoms with Crippen LogP contribution in [0.15, 0.2) is 29.2 Å². The monoisotopic (exact) mass is 252 g/mol. The molecule has 1 radical (unpaired) electrons. The third kappa shape index (κ3) is 2.69. The number of nitrogens with zero attached hydrogens (tertiary/aromatic N) is 1. The first-order valence-electron chi connectivity index (χ1n) is 5.96. The second-order valence-corrected chi connectivity index (χ2v) is 6.94. The lowest BCUT2D eigenvalue weighted by molar-refractivity contribution is 0.222. The van der Waals surface area contributed by atoms with Crippen molar-refractivity contribution in [3.8, 4) is 0 Å². The molecule has 0 amide bonds. The Balaban J connectivity index is 2.27. The topological polar surface area (TPSA) is 37.4 Å². The van der Waals surface area contributed by atoms with Gasteiger partial charge in [0.05, 0.1) is 4.90 Å². The van der Waals surface area contributed by atoms with Crippen molar-refractivity contribution in [1.82, 2.24) is 4.31 Å². The molecular formula is C13H18NO2S. The zero-order valence-corrected chi connectivity index (χ0v) is 11.1. The molecule has 2 rings (SSSR count). The van der Waals surface area contributed by atoms with Crippen LogP contribution in [0.2, 0.25) is 0 Å².